The lowest BCUT2D eigenvalue weighted by Crippen LogP contribution is -2.53. The number of rotatable bonds is 11. The van der Waals surface area contributed by atoms with Crippen molar-refractivity contribution in [2.24, 2.45) is 0 Å². The van der Waals surface area contributed by atoms with Crippen LogP contribution in [0.25, 0.3) is 0 Å². The van der Waals surface area contributed by atoms with Gasteiger partial charge < -0.3 is 10.2 Å². The summed E-state index contributed by atoms with van der Waals surface area (Å²) in [5.41, 5.74) is 2.76. The van der Waals surface area contributed by atoms with Crippen LogP contribution in [0, 0.1) is 13.8 Å². The molecule has 0 heterocycles. The molecule has 0 spiro atoms. The fourth-order valence-corrected chi connectivity index (χ4v) is 4.86. The first-order valence-corrected chi connectivity index (χ1v) is 14.0. The smallest absolute Gasteiger partial charge is 0.244 e. The zero-order valence-corrected chi connectivity index (χ0v) is 22.9. The number of anilines is 1. The Bertz CT molecular complexity index is 1150. The maximum absolute atomic E-state index is 13.8. The number of nitrogens with zero attached hydrogens (tertiary/aromatic N) is 2. The molecule has 9 heteroatoms. The number of sulfonamides is 1. The van der Waals surface area contributed by atoms with Crippen LogP contribution in [-0.2, 0) is 26.2 Å². The molecule has 35 heavy (non-hydrogen) atoms. The SMILES string of the molecule is CC[C@H](C)NC(=O)[C@H](CC)N(Cc1ccccc1C)C(=O)CN(c1cccc(Cl)c1C)S(C)(=O)=O. The van der Waals surface area contributed by atoms with E-state index in [9.17, 15) is 18.0 Å². The highest BCUT2D eigenvalue weighted by Gasteiger charge is 2.32. The lowest BCUT2D eigenvalue weighted by molar-refractivity contribution is -0.140. The van der Waals surface area contributed by atoms with E-state index in [1.165, 1.54) is 4.90 Å². The molecular weight excluding hydrogens is 486 g/mol. The van der Waals surface area contributed by atoms with Gasteiger partial charge in [-0.05, 0) is 62.4 Å². The highest BCUT2D eigenvalue weighted by Crippen LogP contribution is 2.28. The van der Waals surface area contributed by atoms with Crippen LogP contribution in [0.4, 0.5) is 5.69 Å². The maximum Gasteiger partial charge on any atom is 0.244 e. The summed E-state index contributed by atoms with van der Waals surface area (Å²) in [5.74, 6) is -0.724. The van der Waals surface area contributed by atoms with Crippen LogP contribution in [0.5, 0.6) is 0 Å². The Kier molecular flexibility index (Phi) is 10.2. The van der Waals surface area contributed by atoms with Gasteiger partial charge in [-0.2, -0.15) is 0 Å². The highest BCUT2D eigenvalue weighted by molar-refractivity contribution is 7.92. The van der Waals surface area contributed by atoms with Gasteiger partial charge in [0.1, 0.15) is 12.6 Å². The summed E-state index contributed by atoms with van der Waals surface area (Å²) in [5, 5.41) is 3.37. The number of amides is 2. The van der Waals surface area contributed by atoms with Crippen LogP contribution in [-0.4, -0.2) is 50.0 Å². The van der Waals surface area contributed by atoms with Crippen LogP contribution < -0.4 is 9.62 Å². The molecule has 1 N–H and O–H groups in total. The Labute approximate surface area is 214 Å². The molecule has 7 nitrogen and oxygen atoms in total. The molecule has 0 fully saturated rings. The van der Waals surface area contributed by atoms with Crippen molar-refractivity contribution in [2.45, 2.75) is 66.1 Å². The van der Waals surface area contributed by atoms with Crippen molar-refractivity contribution >= 4 is 39.1 Å². The van der Waals surface area contributed by atoms with E-state index in [0.717, 1.165) is 28.1 Å². The van der Waals surface area contributed by atoms with Gasteiger partial charge in [-0.25, -0.2) is 8.42 Å². The second kappa shape index (κ2) is 12.4. The molecule has 0 aromatic heterocycles. The predicted molar refractivity (Wildman–Crippen MR) is 142 cm³/mol. The quantitative estimate of drug-likeness (QED) is 0.473. The molecule has 192 valence electrons. The minimum atomic E-state index is -3.82. The van der Waals surface area contributed by atoms with Crippen LogP contribution in [0.15, 0.2) is 42.5 Å². The molecule has 0 aliphatic carbocycles. The number of hydrogen-bond donors (Lipinski definition) is 1. The fourth-order valence-electron chi connectivity index (χ4n) is 3.79. The third kappa shape index (κ3) is 7.45. The van der Waals surface area contributed by atoms with E-state index in [1.807, 2.05) is 52.0 Å². The summed E-state index contributed by atoms with van der Waals surface area (Å²) in [6.45, 7) is 9.11. The van der Waals surface area contributed by atoms with Gasteiger partial charge in [-0.3, -0.25) is 13.9 Å². The normalized spacial score (nSPS) is 13.1. The predicted octanol–water partition coefficient (Wildman–Crippen LogP) is 4.44. The van der Waals surface area contributed by atoms with Gasteiger partial charge in [0.15, 0.2) is 0 Å². The molecular formula is C26H36ClN3O4S. The second-order valence-electron chi connectivity index (χ2n) is 8.84. The fraction of sp³-hybridized carbons (Fsp3) is 0.462. The topological polar surface area (TPSA) is 86.8 Å². The molecule has 2 rings (SSSR count). The zero-order valence-electron chi connectivity index (χ0n) is 21.3. The average Bonchev–Trinajstić information content (AvgIpc) is 2.79. The summed E-state index contributed by atoms with van der Waals surface area (Å²) in [6, 6.07) is 11.8. The van der Waals surface area contributed by atoms with Crippen LogP contribution in [0.2, 0.25) is 5.02 Å². The van der Waals surface area contributed by atoms with Crippen molar-refractivity contribution in [2.75, 3.05) is 17.1 Å². The van der Waals surface area contributed by atoms with E-state index in [0.29, 0.717) is 22.7 Å². The molecule has 0 aliphatic rings. The van der Waals surface area contributed by atoms with Gasteiger partial charge in [-0.1, -0.05) is 55.8 Å². The molecule has 2 aromatic rings. The average molecular weight is 522 g/mol. The van der Waals surface area contributed by atoms with Crippen LogP contribution >= 0.6 is 11.6 Å². The number of hydrogen-bond acceptors (Lipinski definition) is 4. The molecule has 0 bridgehead atoms. The first-order valence-electron chi connectivity index (χ1n) is 11.8. The van der Waals surface area contributed by atoms with E-state index < -0.39 is 28.5 Å². The van der Waals surface area contributed by atoms with Gasteiger partial charge in [-0.15, -0.1) is 0 Å². The van der Waals surface area contributed by atoms with Crippen molar-refractivity contribution in [3.05, 3.63) is 64.2 Å². The van der Waals surface area contributed by atoms with Crippen molar-refractivity contribution in [3.63, 3.8) is 0 Å². The monoisotopic (exact) mass is 521 g/mol. The van der Waals surface area contributed by atoms with Crippen molar-refractivity contribution < 1.29 is 18.0 Å². The molecule has 2 atom stereocenters. The number of aryl methyl sites for hydroxylation is 1. The molecule has 0 aliphatic heterocycles. The highest BCUT2D eigenvalue weighted by atomic mass is 35.5. The summed E-state index contributed by atoms with van der Waals surface area (Å²) < 4.78 is 26.6. The summed E-state index contributed by atoms with van der Waals surface area (Å²) >= 11 is 6.24. The molecule has 0 saturated heterocycles. The lowest BCUT2D eigenvalue weighted by Gasteiger charge is -2.34. The van der Waals surface area contributed by atoms with Gasteiger partial charge in [0.25, 0.3) is 0 Å². The second-order valence-corrected chi connectivity index (χ2v) is 11.2. The molecule has 0 radical (unpaired) electrons. The van der Waals surface area contributed by atoms with Gasteiger partial charge >= 0.3 is 0 Å². The Morgan fingerprint density at radius 1 is 1.03 bits per heavy atom. The molecule has 2 amide bonds. The van der Waals surface area contributed by atoms with Gasteiger partial charge in [0.2, 0.25) is 21.8 Å². The van der Waals surface area contributed by atoms with E-state index in [2.05, 4.69) is 5.32 Å². The van der Waals surface area contributed by atoms with E-state index in [1.54, 1.807) is 25.1 Å². The van der Waals surface area contributed by atoms with E-state index in [4.69, 9.17) is 11.6 Å². The minimum Gasteiger partial charge on any atom is -0.352 e. The number of benzene rings is 2. The number of nitrogens with one attached hydrogen (secondary N) is 1. The Morgan fingerprint density at radius 3 is 2.26 bits per heavy atom. The molecule has 0 unspecified atom stereocenters. The van der Waals surface area contributed by atoms with Gasteiger partial charge in [0.05, 0.1) is 11.9 Å². The Hall–Kier alpha value is -2.58. The first-order chi connectivity index (χ1) is 16.4. The summed E-state index contributed by atoms with van der Waals surface area (Å²) in [4.78, 5) is 28.4. The minimum absolute atomic E-state index is 0.0476. The number of halogens is 1. The number of carbonyl (C=O) groups excluding carboxylic acids is 2. The summed E-state index contributed by atoms with van der Waals surface area (Å²) in [7, 11) is -3.82. The zero-order chi connectivity index (χ0) is 26.3. The van der Waals surface area contributed by atoms with Crippen molar-refractivity contribution in [3.8, 4) is 0 Å². The lowest BCUT2D eigenvalue weighted by atomic mass is 10.1. The van der Waals surface area contributed by atoms with Crippen LogP contribution in [0.3, 0.4) is 0 Å². The number of carbonyl (C=O) groups is 2. The van der Waals surface area contributed by atoms with Crippen LogP contribution in [0.1, 0.15) is 50.3 Å². The molecule has 0 saturated carbocycles. The Morgan fingerprint density at radius 2 is 1.69 bits per heavy atom. The molecule has 2 aromatic carbocycles. The largest absolute Gasteiger partial charge is 0.352 e. The Balaban J connectivity index is 2.50. The first kappa shape index (κ1) is 28.7. The van der Waals surface area contributed by atoms with Gasteiger partial charge in [0, 0.05) is 17.6 Å². The van der Waals surface area contributed by atoms with Crippen molar-refractivity contribution in [1.29, 1.82) is 0 Å². The van der Waals surface area contributed by atoms with E-state index >= 15 is 0 Å². The van der Waals surface area contributed by atoms with E-state index in [-0.39, 0.29) is 18.5 Å². The maximum atomic E-state index is 13.8. The third-order valence-corrected chi connectivity index (χ3v) is 7.71. The standard InChI is InChI=1S/C26H36ClN3O4S/c1-7-19(4)28-26(32)23(8-2)29(16-21-13-10-9-12-18(21)3)25(31)17-30(35(6,33)34)24-15-11-14-22(27)20(24)5/h9-15,19,23H,7-8,16-17H2,1-6H3,(H,28,32)/t19-,23-/m0/s1. The summed E-state index contributed by atoms with van der Waals surface area (Å²) in [6.07, 6.45) is 2.19. The third-order valence-electron chi connectivity index (χ3n) is 6.18. The van der Waals surface area contributed by atoms with Crippen molar-refractivity contribution in [1.82, 2.24) is 10.2 Å².